The Morgan fingerprint density at radius 3 is 2.54 bits per heavy atom. The molecule has 1 saturated heterocycles. The number of anilines is 1. The van der Waals surface area contributed by atoms with Crippen LogP contribution in [-0.4, -0.2) is 22.2 Å². The lowest BCUT2D eigenvalue weighted by molar-refractivity contribution is -0.113. The maximum atomic E-state index is 12.9. The van der Waals surface area contributed by atoms with E-state index in [1.54, 1.807) is 29.2 Å². The minimum atomic E-state index is -0.103. The van der Waals surface area contributed by atoms with Crippen LogP contribution < -0.4 is 4.90 Å². The highest BCUT2D eigenvalue weighted by molar-refractivity contribution is 8.19. The van der Waals surface area contributed by atoms with Gasteiger partial charge >= 0.3 is 0 Å². The number of phenolic OH excluding ortho intramolecular Hbond substituents is 1. The molecular weight excluding hydrogens is 320 g/mol. The maximum Gasteiger partial charge on any atom is 0.271 e. The van der Waals surface area contributed by atoms with Crippen LogP contribution in [0.15, 0.2) is 64.5 Å². The van der Waals surface area contributed by atoms with Crippen molar-refractivity contribution in [1.82, 2.24) is 0 Å². The summed E-state index contributed by atoms with van der Waals surface area (Å²) in [4.78, 5) is 19.7. The van der Waals surface area contributed by atoms with Crippen molar-refractivity contribution in [2.24, 2.45) is 4.99 Å². The third kappa shape index (κ3) is 3.51. The van der Waals surface area contributed by atoms with Gasteiger partial charge in [0, 0.05) is 6.04 Å². The molecule has 122 valence electrons. The summed E-state index contributed by atoms with van der Waals surface area (Å²) in [7, 11) is 0. The van der Waals surface area contributed by atoms with Crippen molar-refractivity contribution in [2.45, 2.75) is 19.9 Å². The van der Waals surface area contributed by atoms with Crippen LogP contribution in [0, 0.1) is 0 Å². The summed E-state index contributed by atoms with van der Waals surface area (Å²) in [6.45, 7) is 3.97. The highest BCUT2D eigenvalue weighted by Crippen LogP contribution is 2.36. The zero-order chi connectivity index (χ0) is 17.1. The normalized spacial score (nSPS) is 18.1. The molecule has 0 radical (unpaired) electrons. The van der Waals surface area contributed by atoms with Gasteiger partial charge in [-0.05, 0) is 61.5 Å². The number of hydrogen-bond donors (Lipinski definition) is 1. The number of aliphatic imine (C=N–C) groups is 1. The van der Waals surface area contributed by atoms with Crippen LogP contribution in [0.3, 0.4) is 0 Å². The second kappa shape index (κ2) is 6.93. The summed E-state index contributed by atoms with van der Waals surface area (Å²) in [5, 5.41) is 10.3. The molecule has 0 bridgehead atoms. The number of hydrogen-bond acceptors (Lipinski definition) is 4. The van der Waals surface area contributed by atoms with E-state index >= 15 is 0 Å². The van der Waals surface area contributed by atoms with E-state index in [1.807, 2.05) is 50.2 Å². The molecule has 0 unspecified atom stereocenters. The van der Waals surface area contributed by atoms with Gasteiger partial charge in [-0.25, -0.2) is 0 Å². The van der Waals surface area contributed by atoms with Gasteiger partial charge in [-0.1, -0.05) is 30.3 Å². The quantitative estimate of drug-likeness (QED) is 0.850. The Balaban J connectivity index is 2.01. The molecule has 0 aliphatic carbocycles. The van der Waals surface area contributed by atoms with E-state index in [-0.39, 0.29) is 17.7 Å². The molecule has 24 heavy (non-hydrogen) atoms. The summed E-state index contributed by atoms with van der Waals surface area (Å²) in [6, 6.07) is 16.4. The Kier molecular flexibility index (Phi) is 4.71. The summed E-state index contributed by atoms with van der Waals surface area (Å²) in [5.41, 5.74) is 1.58. The summed E-state index contributed by atoms with van der Waals surface area (Å²) in [6.07, 6.45) is 1.78. The molecule has 1 aliphatic heterocycles. The lowest BCUT2D eigenvalue weighted by Crippen LogP contribution is -2.29. The largest absolute Gasteiger partial charge is 0.508 e. The Bertz CT molecular complexity index is 813. The van der Waals surface area contributed by atoms with Gasteiger partial charge < -0.3 is 5.11 Å². The number of benzene rings is 2. The fourth-order valence-electron chi connectivity index (χ4n) is 2.35. The molecular formula is C19H18N2O2S. The molecule has 4 nitrogen and oxygen atoms in total. The minimum Gasteiger partial charge on any atom is -0.508 e. The smallest absolute Gasteiger partial charge is 0.271 e. The number of amides is 1. The number of phenols is 1. The Labute approximate surface area is 145 Å². The van der Waals surface area contributed by atoms with Crippen LogP contribution in [0.2, 0.25) is 0 Å². The first kappa shape index (κ1) is 16.3. The van der Waals surface area contributed by atoms with Gasteiger partial charge in [0.15, 0.2) is 5.17 Å². The van der Waals surface area contributed by atoms with Crippen molar-refractivity contribution in [2.75, 3.05) is 4.90 Å². The molecule has 3 rings (SSSR count). The second-order valence-corrected chi connectivity index (χ2v) is 6.70. The summed E-state index contributed by atoms with van der Waals surface area (Å²) >= 11 is 1.36. The highest BCUT2D eigenvalue weighted by atomic mass is 32.2. The molecule has 0 saturated carbocycles. The number of carbonyl (C=O) groups is 1. The fraction of sp³-hybridized carbons (Fsp3) is 0.158. The minimum absolute atomic E-state index is 0.0895. The van der Waals surface area contributed by atoms with Gasteiger partial charge in [-0.2, -0.15) is 0 Å². The van der Waals surface area contributed by atoms with Crippen molar-refractivity contribution >= 4 is 34.6 Å². The lowest BCUT2D eigenvalue weighted by atomic mass is 10.2. The number of para-hydroxylation sites is 1. The molecule has 1 fully saturated rings. The summed E-state index contributed by atoms with van der Waals surface area (Å²) < 4.78 is 0. The Hall–Kier alpha value is -2.53. The van der Waals surface area contributed by atoms with Crippen molar-refractivity contribution in [3.63, 3.8) is 0 Å². The van der Waals surface area contributed by atoms with Crippen molar-refractivity contribution in [3.05, 3.63) is 65.1 Å². The average molecular weight is 338 g/mol. The number of amidine groups is 1. The predicted octanol–water partition coefficient (Wildman–Crippen LogP) is 4.28. The second-order valence-electron chi connectivity index (χ2n) is 5.69. The molecule has 0 atom stereocenters. The van der Waals surface area contributed by atoms with E-state index in [0.29, 0.717) is 10.1 Å². The van der Waals surface area contributed by atoms with Gasteiger partial charge in [0.25, 0.3) is 5.91 Å². The predicted molar refractivity (Wildman–Crippen MR) is 100 cm³/mol. The topological polar surface area (TPSA) is 52.9 Å². The van der Waals surface area contributed by atoms with Crippen LogP contribution in [0.1, 0.15) is 19.4 Å². The van der Waals surface area contributed by atoms with Crippen molar-refractivity contribution in [3.8, 4) is 5.75 Å². The van der Waals surface area contributed by atoms with E-state index in [4.69, 9.17) is 0 Å². The molecule has 0 aromatic heterocycles. The molecule has 2 aromatic rings. The average Bonchev–Trinajstić information content (AvgIpc) is 2.83. The molecule has 1 heterocycles. The van der Waals surface area contributed by atoms with Crippen LogP contribution in [0.25, 0.3) is 6.08 Å². The zero-order valence-corrected chi connectivity index (χ0v) is 14.3. The zero-order valence-electron chi connectivity index (χ0n) is 13.5. The van der Waals surface area contributed by atoms with Gasteiger partial charge in [-0.3, -0.25) is 14.7 Å². The molecule has 0 spiro atoms. The van der Waals surface area contributed by atoms with Crippen molar-refractivity contribution in [1.29, 1.82) is 0 Å². The highest BCUT2D eigenvalue weighted by Gasteiger charge is 2.34. The van der Waals surface area contributed by atoms with Crippen LogP contribution in [-0.2, 0) is 4.79 Å². The third-order valence-corrected chi connectivity index (χ3v) is 4.34. The number of nitrogens with zero attached hydrogens (tertiary/aromatic N) is 2. The molecule has 1 amide bonds. The molecule has 2 aromatic carbocycles. The number of aromatic hydroxyl groups is 1. The first-order valence-corrected chi connectivity index (χ1v) is 8.52. The molecule has 5 heteroatoms. The monoisotopic (exact) mass is 338 g/mol. The molecule has 1 aliphatic rings. The molecule has 1 N–H and O–H groups in total. The van der Waals surface area contributed by atoms with Gasteiger partial charge in [-0.15, -0.1) is 0 Å². The third-order valence-electron chi connectivity index (χ3n) is 3.36. The first-order chi connectivity index (χ1) is 11.5. The maximum absolute atomic E-state index is 12.9. The number of carbonyl (C=O) groups excluding carboxylic acids is 1. The van der Waals surface area contributed by atoms with E-state index < -0.39 is 0 Å². The van der Waals surface area contributed by atoms with E-state index in [9.17, 15) is 9.90 Å². The lowest BCUT2D eigenvalue weighted by Gasteiger charge is -2.16. The van der Waals surface area contributed by atoms with Gasteiger partial charge in [0.05, 0.1) is 10.6 Å². The van der Waals surface area contributed by atoms with Crippen molar-refractivity contribution < 1.29 is 9.90 Å². The van der Waals surface area contributed by atoms with Crippen LogP contribution in [0.4, 0.5) is 5.69 Å². The van der Waals surface area contributed by atoms with Gasteiger partial charge in [0.1, 0.15) is 5.75 Å². The Morgan fingerprint density at radius 2 is 1.88 bits per heavy atom. The van der Waals surface area contributed by atoms with E-state index in [0.717, 1.165) is 11.3 Å². The SMILES string of the molecule is CC(C)N=C1S/C(=C\c2cccc(O)c2)C(=O)N1c1ccccc1. The Morgan fingerprint density at radius 1 is 1.12 bits per heavy atom. The van der Waals surface area contributed by atoms with E-state index in [1.165, 1.54) is 11.8 Å². The number of thioether (sulfide) groups is 1. The standard InChI is InChI=1S/C19H18N2O2S/c1-13(2)20-19-21(15-8-4-3-5-9-15)18(23)17(24-19)12-14-7-6-10-16(22)11-14/h3-13,22H,1-2H3/b17-12-,20-19?. The van der Waals surface area contributed by atoms with Crippen LogP contribution >= 0.6 is 11.8 Å². The van der Waals surface area contributed by atoms with E-state index in [2.05, 4.69) is 4.99 Å². The van der Waals surface area contributed by atoms with Crippen LogP contribution in [0.5, 0.6) is 5.75 Å². The van der Waals surface area contributed by atoms with Gasteiger partial charge in [0.2, 0.25) is 0 Å². The number of rotatable bonds is 3. The summed E-state index contributed by atoms with van der Waals surface area (Å²) in [5.74, 6) is 0.0738. The fourth-order valence-corrected chi connectivity index (χ4v) is 3.47. The first-order valence-electron chi connectivity index (χ1n) is 7.70.